The molecule has 0 saturated carbocycles. The highest BCUT2D eigenvalue weighted by Gasteiger charge is 2.30. The van der Waals surface area contributed by atoms with Crippen molar-refractivity contribution >= 4 is 37.7 Å². The predicted octanol–water partition coefficient (Wildman–Crippen LogP) is 3.55. The molecule has 0 bridgehead atoms. The third-order valence-electron chi connectivity index (χ3n) is 5.02. The first kappa shape index (κ1) is 22.9. The number of rotatable bonds is 5. The van der Waals surface area contributed by atoms with E-state index < -0.39 is 27.4 Å². The van der Waals surface area contributed by atoms with Gasteiger partial charge in [0.2, 0.25) is 0 Å². The van der Waals surface area contributed by atoms with E-state index in [9.17, 15) is 22.2 Å². The van der Waals surface area contributed by atoms with Gasteiger partial charge in [0, 0.05) is 37.5 Å². The van der Waals surface area contributed by atoms with Crippen LogP contribution in [0.1, 0.15) is 22.5 Å². The molecule has 3 aromatic heterocycles. The second-order valence-electron chi connectivity index (χ2n) is 7.62. The van der Waals surface area contributed by atoms with E-state index >= 15 is 0 Å². The Hall–Kier alpha value is -3.25. The van der Waals surface area contributed by atoms with Crippen LogP contribution in [0.5, 0.6) is 0 Å². The number of aryl methyl sites for hydroxylation is 1. The largest absolute Gasteiger partial charge is 0.416 e. The van der Waals surface area contributed by atoms with E-state index in [1.54, 1.807) is 28.6 Å². The average Bonchev–Trinajstić information content (AvgIpc) is 3.25. The zero-order valence-electron chi connectivity index (χ0n) is 17.7. The Bertz CT molecular complexity index is 1480. The highest BCUT2D eigenvalue weighted by Crippen LogP contribution is 2.33. The standard InChI is InChI=1S/C21H20F3N5O3S/c1-28-12-15-18-17(9-8-16(25-18)20(31)27-33(2,32)11-3-10-30)29(19(15)26-28)14-6-4-13(5-7-14)21(22,23)24/h4-9,12,30H,3,10-11H2,1-2H3. The Morgan fingerprint density at radius 1 is 1.18 bits per heavy atom. The van der Waals surface area contributed by atoms with Gasteiger partial charge in [-0.2, -0.15) is 22.6 Å². The lowest BCUT2D eigenvalue weighted by molar-refractivity contribution is -0.137. The topological polar surface area (TPSA) is 102 Å². The van der Waals surface area contributed by atoms with E-state index in [-0.39, 0.29) is 24.5 Å². The molecule has 1 unspecified atom stereocenters. The van der Waals surface area contributed by atoms with Crippen LogP contribution in [-0.2, 0) is 23.0 Å². The molecule has 1 aromatic carbocycles. The van der Waals surface area contributed by atoms with Gasteiger partial charge in [0.05, 0.1) is 26.2 Å². The maximum absolute atomic E-state index is 13.0. The molecule has 174 valence electrons. The number of hydrogen-bond donors (Lipinski definition) is 1. The van der Waals surface area contributed by atoms with Gasteiger partial charge in [-0.15, -0.1) is 0 Å². The fraction of sp³-hybridized carbons (Fsp3) is 0.286. The monoisotopic (exact) mass is 479 g/mol. The van der Waals surface area contributed by atoms with Crippen LogP contribution in [0.15, 0.2) is 47.0 Å². The molecule has 4 aromatic rings. The first-order chi connectivity index (χ1) is 15.5. The van der Waals surface area contributed by atoms with Crippen molar-refractivity contribution in [1.82, 2.24) is 19.3 Å². The zero-order valence-corrected chi connectivity index (χ0v) is 18.5. The number of alkyl halides is 3. The zero-order chi connectivity index (χ0) is 24.0. The number of benzene rings is 1. The maximum Gasteiger partial charge on any atom is 0.416 e. The summed E-state index contributed by atoms with van der Waals surface area (Å²) < 4.78 is 58.4. The first-order valence-corrected chi connectivity index (χ1v) is 12.0. The van der Waals surface area contributed by atoms with E-state index in [0.29, 0.717) is 27.8 Å². The number of pyridine rings is 1. The Morgan fingerprint density at radius 3 is 2.52 bits per heavy atom. The molecule has 1 amide bonds. The fourth-order valence-electron chi connectivity index (χ4n) is 3.53. The molecule has 0 aliphatic carbocycles. The van der Waals surface area contributed by atoms with E-state index in [1.807, 2.05) is 0 Å². The van der Waals surface area contributed by atoms with Gasteiger partial charge in [-0.05, 0) is 42.8 Å². The van der Waals surface area contributed by atoms with E-state index in [0.717, 1.165) is 12.1 Å². The highest BCUT2D eigenvalue weighted by molar-refractivity contribution is 7.93. The predicted molar refractivity (Wildman–Crippen MR) is 118 cm³/mol. The third kappa shape index (κ3) is 4.48. The molecule has 33 heavy (non-hydrogen) atoms. The van der Waals surface area contributed by atoms with Crippen LogP contribution < -0.4 is 0 Å². The van der Waals surface area contributed by atoms with Crippen molar-refractivity contribution in [1.29, 1.82) is 0 Å². The van der Waals surface area contributed by atoms with Gasteiger partial charge < -0.3 is 5.11 Å². The van der Waals surface area contributed by atoms with Crippen molar-refractivity contribution in [3.63, 3.8) is 0 Å². The van der Waals surface area contributed by atoms with Gasteiger partial charge in [-0.3, -0.25) is 14.0 Å². The lowest BCUT2D eigenvalue weighted by Crippen LogP contribution is -2.09. The quantitative estimate of drug-likeness (QED) is 0.472. The molecule has 0 fully saturated rings. The van der Waals surface area contributed by atoms with Gasteiger partial charge in [-0.1, -0.05) is 0 Å². The molecule has 0 aliphatic heterocycles. The number of aliphatic hydroxyl groups excluding tert-OH is 1. The summed E-state index contributed by atoms with van der Waals surface area (Å²) in [5.41, 5.74) is 1.09. The number of halogens is 3. The average molecular weight is 479 g/mol. The molecule has 0 radical (unpaired) electrons. The highest BCUT2D eigenvalue weighted by atomic mass is 32.2. The van der Waals surface area contributed by atoms with Crippen LogP contribution in [0.3, 0.4) is 0 Å². The van der Waals surface area contributed by atoms with Gasteiger partial charge >= 0.3 is 12.1 Å². The minimum absolute atomic E-state index is 0.0172. The number of aromatic nitrogens is 4. The molecular weight excluding hydrogens is 459 g/mol. The fourth-order valence-corrected chi connectivity index (χ4v) is 4.73. The molecule has 1 N–H and O–H groups in total. The minimum Gasteiger partial charge on any atom is -0.396 e. The van der Waals surface area contributed by atoms with E-state index in [2.05, 4.69) is 14.4 Å². The Morgan fingerprint density at radius 2 is 1.88 bits per heavy atom. The van der Waals surface area contributed by atoms with E-state index in [4.69, 9.17) is 5.11 Å². The summed E-state index contributed by atoms with van der Waals surface area (Å²) in [6.07, 6.45) is -1.15. The summed E-state index contributed by atoms with van der Waals surface area (Å²) in [4.78, 5) is 17.0. The van der Waals surface area contributed by atoms with Gasteiger partial charge in [-0.25, -0.2) is 9.19 Å². The summed E-state index contributed by atoms with van der Waals surface area (Å²) in [5.74, 6) is -0.670. The van der Waals surface area contributed by atoms with Crippen molar-refractivity contribution in [3.05, 3.63) is 53.9 Å². The summed E-state index contributed by atoms with van der Waals surface area (Å²) in [6.45, 7) is -0.158. The Labute approximate surface area is 186 Å². The summed E-state index contributed by atoms with van der Waals surface area (Å²) in [6, 6.07) is 7.70. The number of nitrogens with zero attached hydrogens (tertiary/aromatic N) is 5. The minimum atomic E-state index is -4.45. The number of aliphatic hydroxyl groups is 1. The molecule has 0 saturated heterocycles. The van der Waals surface area contributed by atoms with Crippen LogP contribution in [0.25, 0.3) is 27.8 Å². The lowest BCUT2D eigenvalue weighted by Gasteiger charge is -2.10. The molecule has 8 nitrogen and oxygen atoms in total. The number of carbonyl (C=O) groups is 1. The van der Waals surface area contributed by atoms with Crippen LogP contribution in [0.4, 0.5) is 13.2 Å². The second kappa shape index (κ2) is 8.27. The molecule has 4 rings (SSSR count). The number of hydrogen-bond acceptors (Lipinski definition) is 5. The molecular formula is C21H20F3N5O3S. The molecule has 12 heteroatoms. The van der Waals surface area contributed by atoms with Gasteiger partial charge in [0.15, 0.2) is 5.65 Å². The Kier molecular flexibility index (Phi) is 5.74. The normalized spacial score (nSPS) is 14.0. The maximum atomic E-state index is 13.0. The van der Waals surface area contributed by atoms with Crippen molar-refractivity contribution in [2.45, 2.75) is 12.6 Å². The molecule has 0 spiro atoms. The number of amides is 1. The third-order valence-corrected chi connectivity index (χ3v) is 6.62. The van der Waals surface area contributed by atoms with Crippen molar-refractivity contribution < 1.29 is 27.3 Å². The summed E-state index contributed by atoms with van der Waals surface area (Å²) in [5, 5.41) is 13.9. The van der Waals surface area contributed by atoms with E-state index in [1.165, 1.54) is 24.5 Å². The lowest BCUT2D eigenvalue weighted by atomic mass is 10.2. The smallest absolute Gasteiger partial charge is 0.396 e. The SMILES string of the molecule is Cn1cc2c3nc(C(=O)N=S(C)(=O)CCCO)ccc3n(-c3ccc(C(F)(F)F)cc3)c2n1. The van der Waals surface area contributed by atoms with Crippen LogP contribution >= 0.6 is 0 Å². The second-order valence-corrected chi connectivity index (χ2v) is 10.1. The van der Waals surface area contributed by atoms with Crippen molar-refractivity contribution in [2.24, 2.45) is 11.4 Å². The van der Waals surface area contributed by atoms with Crippen LogP contribution in [0.2, 0.25) is 0 Å². The van der Waals surface area contributed by atoms with Crippen molar-refractivity contribution in [3.8, 4) is 5.69 Å². The van der Waals surface area contributed by atoms with Crippen molar-refractivity contribution in [2.75, 3.05) is 18.6 Å². The summed E-state index contributed by atoms with van der Waals surface area (Å²) >= 11 is 0. The molecule has 1 atom stereocenters. The Balaban J connectivity index is 1.84. The number of carbonyl (C=O) groups excluding carboxylic acids is 1. The van der Waals surface area contributed by atoms with Crippen LogP contribution in [0, 0.1) is 0 Å². The molecule has 0 aliphatic rings. The molecule has 3 heterocycles. The van der Waals surface area contributed by atoms with Gasteiger partial charge in [0.25, 0.3) is 0 Å². The first-order valence-electron chi connectivity index (χ1n) is 9.87. The number of fused-ring (bicyclic) bond motifs is 3. The van der Waals surface area contributed by atoms with Crippen LogP contribution in [-0.4, -0.2) is 53.2 Å². The summed E-state index contributed by atoms with van der Waals surface area (Å²) in [7, 11) is -1.13. The van der Waals surface area contributed by atoms with Gasteiger partial charge in [0.1, 0.15) is 11.2 Å².